The number of nitrogens with one attached hydrogen (secondary N) is 1. The normalized spacial score (nSPS) is 10.4. The third-order valence-electron chi connectivity index (χ3n) is 2.40. The van der Waals surface area contributed by atoms with E-state index in [1.807, 2.05) is 13.8 Å². The van der Waals surface area contributed by atoms with Gasteiger partial charge in [0.2, 0.25) is 0 Å². The lowest BCUT2D eigenvalue weighted by Gasteiger charge is -2.14. The summed E-state index contributed by atoms with van der Waals surface area (Å²) < 4.78 is 6.44. The van der Waals surface area contributed by atoms with Crippen LogP contribution in [0.2, 0.25) is 0 Å². The van der Waals surface area contributed by atoms with Crippen molar-refractivity contribution >= 4 is 27.8 Å². The lowest BCUT2D eigenvalue weighted by atomic mass is 10.2. The number of carboxylic acids is 1. The molecule has 0 saturated heterocycles. The van der Waals surface area contributed by atoms with Crippen molar-refractivity contribution < 1.29 is 19.4 Å². The van der Waals surface area contributed by atoms with Crippen molar-refractivity contribution in [3.8, 4) is 5.75 Å². The van der Waals surface area contributed by atoms with E-state index in [4.69, 9.17) is 9.84 Å². The second-order valence-electron chi connectivity index (χ2n) is 4.56. The number of aliphatic carboxylic acids is 1. The minimum absolute atomic E-state index is 0.0377. The number of amides is 1. The molecule has 20 heavy (non-hydrogen) atoms. The lowest BCUT2D eigenvalue weighted by molar-refractivity contribution is -0.137. The first kappa shape index (κ1) is 16.5. The number of benzene rings is 1. The van der Waals surface area contributed by atoms with E-state index in [9.17, 15) is 9.59 Å². The molecule has 0 spiro atoms. The summed E-state index contributed by atoms with van der Waals surface area (Å²) >= 11 is 3.34. The van der Waals surface area contributed by atoms with Gasteiger partial charge in [-0.2, -0.15) is 0 Å². The Labute approximate surface area is 126 Å². The summed E-state index contributed by atoms with van der Waals surface area (Å²) in [6.45, 7) is 4.09. The summed E-state index contributed by atoms with van der Waals surface area (Å²) in [5, 5.41) is 11.2. The van der Waals surface area contributed by atoms with Gasteiger partial charge in [0, 0.05) is 17.4 Å². The van der Waals surface area contributed by atoms with Crippen molar-refractivity contribution in [2.75, 3.05) is 6.54 Å². The average molecular weight is 344 g/mol. The van der Waals surface area contributed by atoms with Crippen LogP contribution in [0, 0.1) is 0 Å². The van der Waals surface area contributed by atoms with E-state index >= 15 is 0 Å². The zero-order chi connectivity index (χ0) is 15.1. The molecule has 1 aromatic rings. The Kier molecular flexibility index (Phi) is 6.51. The Balaban J connectivity index is 2.69. The van der Waals surface area contributed by atoms with Gasteiger partial charge in [0.05, 0.1) is 11.7 Å². The molecule has 1 rings (SSSR count). The van der Waals surface area contributed by atoms with Gasteiger partial charge in [0.1, 0.15) is 5.75 Å². The number of halogens is 1. The van der Waals surface area contributed by atoms with E-state index in [2.05, 4.69) is 21.2 Å². The molecule has 1 aromatic carbocycles. The van der Waals surface area contributed by atoms with Crippen LogP contribution < -0.4 is 10.1 Å². The van der Waals surface area contributed by atoms with E-state index in [0.717, 1.165) is 4.47 Å². The van der Waals surface area contributed by atoms with Crippen LogP contribution in [0.4, 0.5) is 0 Å². The van der Waals surface area contributed by atoms with Crippen molar-refractivity contribution in [2.24, 2.45) is 0 Å². The van der Waals surface area contributed by atoms with Gasteiger partial charge in [-0.1, -0.05) is 15.9 Å². The Morgan fingerprint density at radius 3 is 2.70 bits per heavy atom. The molecule has 0 heterocycles. The van der Waals surface area contributed by atoms with E-state index in [0.29, 0.717) is 24.3 Å². The predicted octanol–water partition coefficient (Wildman–Crippen LogP) is 2.83. The van der Waals surface area contributed by atoms with Gasteiger partial charge < -0.3 is 15.2 Å². The van der Waals surface area contributed by atoms with Crippen molar-refractivity contribution in [3.63, 3.8) is 0 Å². The van der Waals surface area contributed by atoms with Crippen molar-refractivity contribution in [1.29, 1.82) is 0 Å². The standard InChI is InChI=1S/C14H18BrNO4/c1-9(2)20-12-8-10(15)5-6-11(12)14(19)16-7-3-4-13(17)18/h5-6,8-9H,3-4,7H2,1-2H3,(H,16,19)(H,17,18). The van der Waals surface area contributed by atoms with Gasteiger partial charge >= 0.3 is 5.97 Å². The molecule has 5 nitrogen and oxygen atoms in total. The summed E-state index contributed by atoms with van der Waals surface area (Å²) in [6.07, 6.45) is 0.399. The summed E-state index contributed by atoms with van der Waals surface area (Å²) in [7, 11) is 0. The van der Waals surface area contributed by atoms with Crippen molar-refractivity contribution in [1.82, 2.24) is 5.32 Å². The van der Waals surface area contributed by atoms with E-state index in [1.54, 1.807) is 18.2 Å². The molecule has 1 amide bonds. The molecule has 0 radical (unpaired) electrons. The molecule has 0 aromatic heterocycles. The topological polar surface area (TPSA) is 75.6 Å². The zero-order valence-corrected chi connectivity index (χ0v) is 13.1. The Morgan fingerprint density at radius 2 is 2.10 bits per heavy atom. The van der Waals surface area contributed by atoms with Gasteiger partial charge in [-0.15, -0.1) is 0 Å². The largest absolute Gasteiger partial charge is 0.490 e. The van der Waals surface area contributed by atoms with Crippen molar-refractivity contribution in [2.45, 2.75) is 32.8 Å². The molecule has 0 fully saturated rings. The van der Waals surface area contributed by atoms with Crippen LogP contribution in [0.25, 0.3) is 0 Å². The fourth-order valence-corrected chi connectivity index (χ4v) is 1.91. The molecule has 0 saturated carbocycles. The van der Waals surface area contributed by atoms with Crippen LogP contribution in [0.15, 0.2) is 22.7 Å². The highest BCUT2D eigenvalue weighted by Gasteiger charge is 2.14. The van der Waals surface area contributed by atoms with Crippen LogP contribution >= 0.6 is 15.9 Å². The van der Waals surface area contributed by atoms with Crippen LogP contribution in [-0.2, 0) is 4.79 Å². The van der Waals surface area contributed by atoms with E-state index in [-0.39, 0.29) is 18.4 Å². The monoisotopic (exact) mass is 343 g/mol. The molecule has 0 atom stereocenters. The van der Waals surface area contributed by atoms with Crippen LogP contribution in [0.1, 0.15) is 37.0 Å². The van der Waals surface area contributed by atoms with Gasteiger partial charge in [0.25, 0.3) is 5.91 Å². The average Bonchev–Trinajstić information content (AvgIpc) is 2.33. The molecule has 6 heteroatoms. The quantitative estimate of drug-likeness (QED) is 0.746. The number of rotatable bonds is 7. The van der Waals surface area contributed by atoms with Crippen LogP contribution in [0.5, 0.6) is 5.75 Å². The van der Waals surface area contributed by atoms with Crippen LogP contribution in [0.3, 0.4) is 0 Å². The molecule has 0 aliphatic rings. The Bertz CT molecular complexity index is 488. The van der Waals surface area contributed by atoms with Gasteiger partial charge in [-0.25, -0.2) is 0 Å². The first-order valence-corrected chi connectivity index (χ1v) is 7.15. The highest BCUT2D eigenvalue weighted by atomic mass is 79.9. The number of ether oxygens (including phenoxy) is 1. The predicted molar refractivity (Wildman–Crippen MR) is 79.1 cm³/mol. The molecular formula is C14H18BrNO4. The summed E-state index contributed by atoms with van der Waals surface area (Å²) in [5.41, 5.74) is 0.442. The third kappa shape index (κ3) is 5.61. The number of carbonyl (C=O) groups excluding carboxylic acids is 1. The number of hydrogen-bond acceptors (Lipinski definition) is 3. The third-order valence-corrected chi connectivity index (χ3v) is 2.90. The molecule has 0 unspecified atom stereocenters. The van der Waals surface area contributed by atoms with Crippen LogP contribution in [-0.4, -0.2) is 29.6 Å². The molecule has 0 aliphatic heterocycles. The van der Waals surface area contributed by atoms with Gasteiger partial charge in [0.15, 0.2) is 0 Å². The summed E-state index contributed by atoms with van der Waals surface area (Å²) in [4.78, 5) is 22.4. The maximum absolute atomic E-state index is 12.0. The molecule has 110 valence electrons. The Hall–Kier alpha value is -1.56. The highest BCUT2D eigenvalue weighted by Crippen LogP contribution is 2.24. The first-order chi connectivity index (χ1) is 9.40. The number of carboxylic acid groups (broad SMARTS) is 1. The van der Waals surface area contributed by atoms with Crippen molar-refractivity contribution in [3.05, 3.63) is 28.2 Å². The number of carbonyl (C=O) groups is 2. The highest BCUT2D eigenvalue weighted by molar-refractivity contribution is 9.10. The second-order valence-corrected chi connectivity index (χ2v) is 5.48. The lowest BCUT2D eigenvalue weighted by Crippen LogP contribution is -2.26. The maximum atomic E-state index is 12.0. The Morgan fingerprint density at radius 1 is 1.40 bits per heavy atom. The summed E-state index contributed by atoms with van der Waals surface area (Å²) in [5.74, 6) is -0.629. The minimum Gasteiger partial charge on any atom is -0.490 e. The van der Waals surface area contributed by atoms with Gasteiger partial charge in [-0.05, 0) is 38.5 Å². The molecule has 0 aliphatic carbocycles. The molecule has 2 N–H and O–H groups in total. The fourth-order valence-electron chi connectivity index (χ4n) is 1.57. The van der Waals surface area contributed by atoms with Gasteiger partial charge in [-0.3, -0.25) is 9.59 Å². The molecular weight excluding hydrogens is 326 g/mol. The number of hydrogen-bond donors (Lipinski definition) is 2. The van der Waals surface area contributed by atoms with E-state index in [1.165, 1.54) is 0 Å². The first-order valence-electron chi connectivity index (χ1n) is 6.36. The summed E-state index contributed by atoms with van der Waals surface area (Å²) in [6, 6.07) is 5.18. The molecule has 0 bridgehead atoms. The minimum atomic E-state index is -0.869. The smallest absolute Gasteiger partial charge is 0.303 e. The fraction of sp³-hybridized carbons (Fsp3) is 0.429. The SMILES string of the molecule is CC(C)Oc1cc(Br)ccc1C(=O)NCCCC(=O)O. The second kappa shape index (κ2) is 7.89. The maximum Gasteiger partial charge on any atom is 0.303 e. The van der Waals surface area contributed by atoms with E-state index < -0.39 is 5.97 Å². The zero-order valence-electron chi connectivity index (χ0n) is 11.5.